The molecular formula is C21H24F3N3O. The number of likely N-dealkylation sites (tertiary alicyclic amines) is 1. The molecule has 1 unspecified atom stereocenters. The largest absolute Gasteiger partial charge is 0.329 e. The van der Waals surface area contributed by atoms with Crippen molar-refractivity contribution in [2.75, 3.05) is 13.1 Å². The highest BCUT2D eigenvalue weighted by atomic mass is 19.3. The van der Waals surface area contributed by atoms with Crippen LogP contribution in [0.25, 0.3) is 0 Å². The Morgan fingerprint density at radius 3 is 2.36 bits per heavy atom. The molecule has 28 heavy (non-hydrogen) atoms. The molecule has 1 aromatic rings. The molecule has 0 radical (unpaired) electrons. The molecule has 0 spiro atoms. The lowest BCUT2D eigenvalue weighted by atomic mass is 9.89. The zero-order chi connectivity index (χ0) is 20.1. The van der Waals surface area contributed by atoms with Gasteiger partial charge in [-0.1, -0.05) is 0 Å². The van der Waals surface area contributed by atoms with E-state index in [1.807, 2.05) is 13.0 Å². The van der Waals surface area contributed by atoms with E-state index in [-0.39, 0.29) is 42.4 Å². The van der Waals surface area contributed by atoms with Crippen molar-refractivity contribution in [3.63, 3.8) is 0 Å². The minimum atomic E-state index is -2.52. The fourth-order valence-electron chi connectivity index (χ4n) is 5.14. The van der Waals surface area contributed by atoms with Gasteiger partial charge in [0.25, 0.3) is 5.91 Å². The summed E-state index contributed by atoms with van der Waals surface area (Å²) in [5, 5.41) is 9.30. The Morgan fingerprint density at radius 2 is 1.75 bits per heavy atom. The Balaban J connectivity index is 1.44. The lowest BCUT2D eigenvalue weighted by molar-refractivity contribution is -0.0577. The lowest BCUT2D eigenvalue weighted by Crippen LogP contribution is -2.50. The number of fused-ring (bicyclic) bond motifs is 1. The molecule has 0 N–H and O–H groups in total. The van der Waals surface area contributed by atoms with Crippen LogP contribution < -0.4 is 0 Å². The summed E-state index contributed by atoms with van der Waals surface area (Å²) in [7, 11) is 0. The van der Waals surface area contributed by atoms with Crippen molar-refractivity contribution in [3.05, 3.63) is 34.6 Å². The van der Waals surface area contributed by atoms with Gasteiger partial charge in [-0.3, -0.25) is 4.79 Å². The smallest absolute Gasteiger partial charge is 0.256 e. The molecule has 1 aromatic carbocycles. The first-order valence-corrected chi connectivity index (χ1v) is 9.99. The third-order valence-corrected chi connectivity index (χ3v) is 6.67. The van der Waals surface area contributed by atoms with E-state index in [0.717, 1.165) is 32.0 Å². The third kappa shape index (κ3) is 3.28. The number of nitriles is 1. The van der Waals surface area contributed by atoms with Crippen molar-refractivity contribution < 1.29 is 18.0 Å². The molecule has 1 saturated carbocycles. The van der Waals surface area contributed by atoms with E-state index in [9.17, 15) is 23.2 Å². The fourth-order valence-corrected chi connectivity index (χ4v) is 5.14. The Hall–Kier alpha value is -2.07. The monoisotopic (exact) mass is 391 g/mol. The van der Waals surface area contributed by atoms with E-state index in [1.54, 1.807) is 4.90 Å². The number of carbonyl (C=O) groups excluding carboxylic acids is 1. The van der Waals surface area contributed by atoms with Crippen LogP contribution >= 0.6 is 0 Å². The second-order valence-electron chi connectivity index (χ2n) is 8.27. The highest BCUT2D eigenvalue weighted by molar-refractivity contribution is 6.01. The predicted octanol–water partition coefficient (Wildman–Crippen LogP) is 4.26. The third-order valence-electron chi connectivity index (χ3n) is 6.67. The summed E-state index contributed by atoms with van der Waals surface area (Å²) >= 11 is 0. The van der Waals surface area contributed by atoms with Crippen molar-refractivity contribution in [2.45, 2.75) is 69.5 Å². The number of hydrogen-bond acceptors (Lipinski definition) is 3. The molecule has 1 amide bonds. The molecule has 3 aliphatic rings. The Bertz CT molecular complexity index is 817. The van der Waals surface area contributed by atoms with E-state index in [0.29, 0.717) is 24.0 Å². The number of hydrogen-bond donors (Lipinski definition) is 0. The van der Waals surface area contributed by atoms with E-state index >= 15 is 0 Å². The second-order valence-corrected chi connectivity index (χ2v) is 8.27. The average Bonchev–Trinajstić information content (AvgIpc) is 2.92. The molecule has 1 aliphatic carbocycles. The van der Waals surface area contributed by atoms with Crippen LogP contribution in [0.3, 0.4) is 0 Å². The van der Waals surface area contributed by atoms with Crippen LogP contribution in [0.4, 0.5) is 13.2 Å². The van der Waals surface area contributed by atoms with Crippen molar-refractivity contribution in [3.8, 4) is 6.07 Å². The zero-order valence-corrected chi connectivity index (χ0v) is 15.9. The molecule has 0 aromatic heterocycles. The highest BCUT2D eigenvalue weighted by Gasteiger charge is 2.43. The van der Waals surface area contributed by atoms with Crippen molar-refractivity contribution >= 4 is 5.91 Å². The molecule has 7 heteroatoms. The van der Waals surface area contributed by atoms with Gasteiger partial charge in [-0.25, -0.2) is 13.2 Å². The molecule has 2 aliphatic heterocycles. The van der Waals surface area contributed by atoms with Crippen LogP contribution in [0, 0.1) is 17.1 Å². The van der Waals surface area contributed by atoms with Crippen molar-refractivity contribution in [1.82, 2.24) is 9.80 Å². The molecule has 4 rings (SSSR count). The number of rotatable bonds is 2. The summed E-state index contributed by atoms with van der Waals surface area (Å²) in [5.41, 5.74) is 1.00. The number of halogens is 3. The van der Waals surface area contributed by atoms with Gasteiger partial charge >= 0.3 is 0 Å². The van der Waals surface area contributed by atoms with Gasteiger partial charge in [0.1, 0.15) is 11.9 Å². The SMILES string of the molecule is CC1c2cc(F)cc(C#N)c2C(=O)N1C1CCN(C2CCC(F)(F)CC2)CC1. The fraction of sp³-hybridized carbons (Fsp3) is 0.619. The summed E-state index contributed by atoms with van der Waals surface area (Å²) in [6.07, 6.45) is 2.48. The Kier molecular flexibility index (Phi) is 4.86. The summed E-state index contributed by atoms with van der Waals surface area (Å²) in [4.78, 5) is 17.1. The molecule has 2 heterocycles. The van der Waals surface area contributed by atoms with Gasteiger partial charge in [-0.05, 0) is 50.3 Å². The zero-order valence-electron chi connectivity index (χ0n) is 15.9. The van der Waals surface area contributed by atoms with Crippen LogP contribution in [-0.2, 0) is 0 Å². The first-order chi connectivity index (χ1) is 13.3. The first-order valence-electron chi connectivity index (χ1n) is 9.99. The van der Waals surface area contributed by atoms with Crippen molar-refractivity contribution in [1.29, 1.82) is 5.26 Å². The molecule has 150 valence electrons. The summed E-state index contributed by atoms with van der Waals surface area (Å²) < 4.78 is 40.7. The maximum absolute atomic E-state index is 13.8. The van der Waals surface area contributed by atoms with Crippen LogP contribution in [0.15, 0.2) is 12.1 Å². The first kappa shape index (κ1) is 19.3. The number of benzene rings is 1. The van der Waals surface area contributed by atoms with Gasteiger partial charge in [0, 0.05) is 38.0 Å². The van der Waals surface area contributed by atoms with Gasteiger partial charge in [0.15, 0.2) is 0 Å². The van der Waals surface area contributed by atoms with Gasteiger partial charge in [0.05, 0.1) is 17.2 Å². The molecule has 0 bridgehead atoms. The molecule has 1 saturated heterocycles. The predicted molar refractivity (Wildman–Crippen MR) is 97.5 cm³/mol. The van der Waals surface area contributed by atoms with Gasteiger partial charge in [-0.15, -0.1) is 0 Å². The molecular weight excluding hydrogens is 367 g/mol. The lowest BCUT2D eigenvalue weighted by Gasteiger charge is -2.43. The maximum atomic E-state index is 13.8. The number of amides is 1. The number of carbonyl (C=O) groups is 1. The van der Waals surface area contributed by atoms with Gasteiger partial charge < -0.3 is 9.80 Å². The maximum Gasteiger partial charge on any atom is 0.256 e. The molecule has 2 fully saturated rings. The second kappa shape index (κ2) is 7.07. The van der Waals surface area contributed by atoms with Gasteiger partial charge in [-0.2, -0.15) is 5.26 Å². The molecule has 1 atom stereocenters. The van der Waals surface area contributed by atoms with Crippen LogP contribution in [0.5, 0.6) is 0 Å². The molecule has 4 nitrogen and oxygen atoms in total. The standard InChI is InChI=1S/C21H24F3N3O/c1-13-18-11-15(22)10-14(12-25)19(18)20(28)27(13)17-4-8-26(9-5-17)16-2-6-21(23,24)7-3-16/h10-11,13,16-17H,2-9H2,1H3. The Morgan fingerprint density at radius 1 is 1.11 bits per heavy atom. The van der Waals surface area contributed by atoms with E-state index in [1.165, 1.54) is 6.07 Å². The quantitative estimate of drug-likeness (QED) is 0.757. The number of alkyl halides is 2. The summed E-state index contributed by atoms with van der Waals surface area (Å²) in [6, 6.07) is 4.37. The summed E-state index contributed by atoms with van der Waals surface area (Å²) in [6.45, 7) is 3.42. The Labute approximate surface area is 162 Å². The minimum absolute atomic E-state index is 0.0192. The van der Waals surface area contributed by atoms with E-state index < -0.39 is 11.7 Å². The van der Waals surface area contributed by atoms with E-state index in [2.05, 4.69) is 4.90 Å². The summed E-state index contributed by atoms with van der Waals surface area (Å²) in [5.74, 6) is -3.22. The van der Waals surface area contributed by atoms with Gasteiger partial charge in [0.2, 0.25) is 5.92 Å². The van der Waals surface area contributed by atoms with Crippen LogP contribution in [0.2, 0.25) is 0 Å². The number of nitrogens with zero attached hydrogens (tertiary/aromatic N) is 3. The average molecular weight is 391 g/mol. The van der Waals surface area contributed by atoms with Crippen LogP contribution in [0.1, 0.15) is 73.0 Å². The minimum Gasteiger partial charge on any atom is -0.329 e. The highest BCUT2D eigenvalue weighted by Crippen LogP contribution is 2.40. The number of piperidine rings is 1. The normalized spacial score (nSPS) is 26.3. The van der Waals surface area contributed by atoms with Crippen molar-refractivity contribution in [2.24, 2.45) is 0 Å². The van der Waals surface area contributed by atoms with Crippen LogP contribution in [-0.4, -0.2) is 46.8 Å². The van der Waals surface area contributed by atoms with E-state index in [4.69, 9.17) is 0 Å². The topological polar surface area (TPSA) is 47.3 Å².